The fraction of sp³-hybridized carbons (Fsp3) is 0.353. The molecule has 0 saturated heterocycles. The van der Waals surface area contributed by atoms with Crippen LogP contribution in [0, 0.1) is 6.92 Å². The Balaban J connectivity index is 1.65. The Morgan fingerprint density at radius 2 is 1.57 bits per heavy atom. The SMILES string of the molecule is CCOC(=O)C(C)(C)Oc1ccc(C(C)(N)Cc2cc(-c3ccc(C(F)(F)F)cc3)nn2Cc2ccc(OC)cc2)cc1C. The third kappa shape index (κ3) is 7.60. The number of methoxy groups -OCH3 is 1. The highest BCUT2D eigenvalue weighted by atomic mass is 19.4. The smallest absolute Gasteiger partial charge is 0.416 e. The van der Waals surface area contributed by atoms with Gasteiger partial charge in [-0.3, -0.25) is 4.68 Å². The number of benzene rings is 3. The Morgan fingerprint density at radius 1 is 0.932 bits per heavy atom. The molecule has 0 saturated carbocycles. The quantitative estimate of drug-likeness (QED) is 0.183. The zero-order valence-corrected chi connectivity index (χ0v) is 25.8. The van der Waals surface area contributed by atoms with Gasteiger partial charge < -0.3 is 19.9 Å². The number of alkyl halides is 3. The molecular formula is C34H38F3N3O4. The number of hydrogen-bond acceptors (Lipinski definition) is 6. The fourth-order valence-electron chi connectivity index (χ4n) is 4.83. The molecule has 0 spiro atoms. The Kier molecular flexibility index (Phi) is 9.44. The van der Waals surface area contributed by atoms with E-state index in [0.29, 0.717) is 30.0 Å². The number of rotatable bonds is 11. The molecule has 3 aromatic carbocycles. The third-order valence-corrected chi connectivity index (χ3v) is 7.38. The van der Waals surface area contributed by atoms with Crippen LogP contribution < -0.4 is 15.2 Å². The number of ether oxygens (including phenoxy) is 3. The molecule has 1 heterocycles. The van der Waals surface area contributed by atoms with Crippen molar-refractivity contribution in [1.29, 1.82) is 0 Å². The van der Waals surface area contributed by atoms with Crippen molar-refractivity contribution in [2.75, 3.05) is 13.7 Å². The van der Waals surface area contributed by atoms with Crippen LogP contribution >= 0.6 is 0 Å². The Hall–Kier alpha value is -4.31. The zero-order chi connectivity index (χ0) is 32.3. The van der Waals surface area contributed by atoms with Crippen LogP contribution in [0.3, 0.4) is 0 Å². The van der Waals surface area contributed by atoms with Gasteiger partial charge in [0.15, 0.2) is 5.60 Å². The number of aryl methyl sites for hydroxylation is 1. The second-order valence-corrected chi connectivity index (χ2v) is 11.5. The molecule has 7 nitrogen and oxygen atoms in total. The minimum Gasteiger partial charge on any atom is -0.497 e. The summed E-state index contributed by atoms with van der Waals surface area (Å²) in [5, 5.41) is 4.78. The van der Waals surface area contributed by atoms with Gasteiger partial charge in [-0.15, -0.1) is 0 Å². The number of aromatic nitrogens is 2. The number of nitrogens with two attached hydrogens (primary N) is 1. The van der Waals surface area contributed by atoms with Crippen molar-refractivity contribution in [3.63, 3.8) is 0 Å². The maximum absolute atomic E-state index is 13.2. The second kappa shape index (κ2) is 12.7. The molecule has 0 bridgehead atoms. The first-order valence-electron chi connectivity index (χ1n) is 14.3. The summed E-state index contributed by atoms with van der Waals surface area (Å²) < 4.78 is 57.7. The highest BCUT2D eigenvalue weighted by Gasteiger charge is 2.33. The lowest BCUT2D eigenvalue weighted by Gasteiger charge is -2.28. The number of halogens is 3. The normalized spacial score (nSPS) is 13.3. The van der Waals surface area contributed by atoms with Gasteiger partial charge >= 0.3 is 12.1 Å². The Labute approximate surface area is 255 Å². The van der Waals surface area contributed by atoms with Gasteiger partial charge in [0.05, 0.1) is 31.5 Å². The lowest BCUT2D eigenvalue weighted by atomic mass is 9.87. The summed E-state index contributed by atoms with van der Waals surface area (Å²) in [5.74, 6) is 0.806. The zero-order valence-electron chi connectivity index (χ0n) is 25.8. The molecule has 0 aliphatic rings. The number of esters is 1. The van der Waals surface area contributed by atoms with Gasteiger partial charge in [0.2, 0.25) is 0 Å². The van der Waals surface area contributed by atoms with E-state index in [1.165, 1.54) is 12.1 Å². The molecule has 4 rings (SSSR count). The first-order chi connectivity index (χ1) is 20.6. The first kappa shape index (κ1) is 32.6. The topological polar surface area (TPSA) is 88.6 Å². The van der Waals surface area contributed by atoms with Crippen molar-refractivity contribution in [3.05, 3.63) is 101 Å². The van der Waals surface area contributed by atoms with Crippen molar-refractivity contribution in [1.82, 2.24) is 9.78 Å². The van der Waals surface area contributed by atoms with Crippen LogP contribution in [0.2, 0.25) is 0 Å². The number of nitrogens with zero attached hydrogens (tertiary/aromatic N) is 2. The van der Waals surface area contributed by atoms with E-state index in [0.717, 1.165) is 40.3 Å². The molecule has 1 atom stereocenters. The Bertz CT molecular complexity index is 1590. The predicted molar refractivity (Wildman–Crippen MR) is 163 cm³/mol. The van der Waals surface area contributed by atoms with Crippen molar-refractivity contribution >= 4 is 5.97 Å². The lowest BCUT2D eigenvalue weighted by Crippen LogP contribution is -2.40. The summed E-state index contributed by atoms with van der Waals surface area (Å²) in [6.45, 7) is 9.52. The molecular weight excluding hydrogens is 571 g/mol. The van der Waals surface area contributed by atoms with E-state index in [1.54, 1.807) is 33.9 Å². The monoisotopic (exact) mass is 609 g/mol. The highest BCUT2D eigenvalue weighted by molar-refractivity contribution is 5.79. The molecule has 2 N–H and O–H groups in total. The van der Waals surface area contributed by atoms with Crippen LogP contribution in [0.5, 0.6) is 11.5 Å². The van der Waals surface area contributed by atoms with Gasteiger partial charge in [0.25, 0.3) is 0 Å². The van der Waals surface area contributed by atoms with Crippen LogP contribution in [-0.4, -0.2) is 35.1 Å². The number of carbonyl (C=O) groups is 1. The van der Waals surface area contributed by atoms with Gasteiger partial charge in [-0.2, -0.15) is 18.3 Å². The van der Waals surface area contributed by atoms with Crippen LogP contribution in [0.25, 0.3) is 11.3 Å². The summed E-state index contributed by atoms with van der Waals surface area (Å²) in [5.41, 5.74) is 8.70. The van der Waals surface area contributed by atoms with Crippen molar-refractivity contribution < 1.29 is 32.2 Å². The summed E-state index contributed by atoms with van der Waals surface area (Å²) in [6.07, 6.45) is -4.04. The van der Waals surface area contributed by atoms with E-state index >= 15 is 0 Å². The van der Waals surface area contributed by atoms with E-state index in [-0.39, 0.29) is 6.61 Å². The third-order valence-electron chi connectivity index (χ3n) is 7.38. The average Bonchev–Trinajstić information content (AvgIpc) is 3.35. The van der Waals surface area contributed by atoms with Crippen molar-refractivity contribution in [3.8, 4) is 22.8 Å². The molecule has 234 valence electrons. The Morgan fingerprint density at radius 3 is 2.14 bits per heavy atom. The second-order valence-electron chi connectivity index (χ2n) is 11.5. The van der Waals surface area contributed by atoms with Crippen molar-refractivity contribution in [2.45, 2.75) is 64.9 Å². The predicted octanol–water partition coefficient (Wildman–Crippen LogP) is 7.07. The minimum absolute atomic E-state index is 0.255. The largest absolute Gasteiger partial charge is 0.497 e. The average molecular weight is 610 g/mol. The number of hydrogen-bond donors (Lipinski definition) is 1. The molecule has 4 aromatic rings. The lowest BCUT2D eigenvalue weighted by molar-refractivity contribution is -0.158. The van der Waals surface area contributed by atoms with Gasteiger partial charge in [0, 0.05) is 23.2 Å². The maximum atomic E-state index is 13.2. The standard InChI is InChI=1S/C34H38F3N3O4/c1-7-43-31(41)32(3,4)44-30-17-14-26(18-22(30)2)33(5,38)20-27-19-29(24-10-12-25(13-11-24)34(35,36)37)39-40(27)21-23-8-15-28(42-6)16-9-23/h8-19H,7,20-21,38H2,1-6H3. The summed E-state index contributed by atoms with van der Waals surface area (Å²) in [7, 11) is 1.60. The van der Waals surface area contributed by atoms with Crippen LogP contribution in [0.15, 0.2) is 72.8 Å². The van der Waals surface area contributed by atoms with Gasteiger partial charge in [-0.25, -0.2) is 4.79 Å². The van der Waals surface area contributed by atoms with E-state index < -0.39 is 28.8 Å². The van der Waals surface area contributed by atoms with E-state index in [4.69, 9.17) is 25.0 Å². The highest BCUT2D eigenvalue weighted by Crippen LogP contribution is 2.33. The van der Waals surface area contributed by atoms with Crippen LogP contribution in [0.1, 0.15) is 55.6 Å². The minimum atomic E-state index is -4.42. The summed E-state index contributed by atoms with van der Waals surface area (Å²) >= 11 is 0. The maximum Gasteiger partial charge on any atom is 0.416 e. The first-order valence-corrected chi connectivity index (χ1v) is 14.3. The molecule has 10 heteroatoms. The molecule has 1 aromatic heterocycles. The molecule has 0 aliphatic heterocycles. The molecule has 0 radical (unpaired) electrons. The van der Waals surface area contributed by atoms with Crippen LogP contribution in [0.4, 0.5) is 13.2 Å². The molecule has 0 fully saturated rings. The van der Waals surface area contributed by atoms with E-state index in [1.807, 2.05) is 61.0 Å². The van der Waals surface area contributed by atoms with Crippen LogP contribution in [-0.2, 0) is 34.2 Å². The van der Waals surface area contributed by atoms with Gasteiger partial charge in [0.1, 0.15) is 11.5 Å². The molecule has 0 amide bonds. The fourth-order valence-corrected chi connectivity index (χ4v) is 4.83. The molecule has 1 unspecified atom stereocenters. The summed E-state index contributed by atoms with van der Waals surface area (Å²) in [6, 6.07) is 20.0. The van der Waals surface area contributed by atoms with Crippen molar-refractivity contribution in [2.24, 2.45) is 5.73 Å². The van der Waals surface area contributed by atoms with Gasteiger partial charge in [-0.05, 0) is 87.7 Å². The summed E-state index contributed by atoms with van der Waals surface area (Å²) in [4.78, 5) is 12.3. The van der Waals surface area contributed by atoms with E-state index in [9.17, 15) is 18.0 Å². The van der Waals surface area contributed by atoms with Gasteiger partial charge in [-0.1, -0.05) is 36.4 Å². The van der Waals surface area contributed by atoms with E-state index in [2.05, 4.69) is 0 Å². The molecule has 44 heavy (non-hydrogen) atoms. The number of carbonyl (C=O) groups excluding carboxylic acids is 1. The molecule has 0 aliphatic carbocycles.